The zero-order chi connectivity index (χ0) is 14.3. The molecule has 0 radical (unpaired) electrons. The van der Waals surface area contributed by atoms with Crippen molar-refractivity contribution in [2.45, 2.75) is 26.2 Å². The molecule has 2 N–H and O–H groups in total. The number of carboxylic acid groups (broad SMARTS) is 1. The first-order valence-corrected chi connectivity index (χ1v) is 7.94. The van der Waals surface area contributed by atoms with Crippen LogP contribution in [-0.2, 0) is 9.59 Å². The van der Waals surface area contributed by atoms with Crippen LogP contribution < -0.4 is 5.32 Å². The van der Waals surface area contributed by atoms with E-state index in [0.717, 1.165) is 17.9 Å². The highest BCUT2D eigenvalue weighted by molar-refractivity contribution is 7.99. The van der Waals surface area contributed by atoms with Crippen molar-refractivity contribution in [1.29, 1.82) is 0 Å². The van der Waals surface area contributed by atoms with E-state index in [9.17, 15) is 14.7 Å². The minimum absolute atomic E-state index is 0.0949. The summed E-state index contributed by atoms with van der Waals surface area (Å²) in [4.78, 5) is 23.2. The summed E-state index contributed by atoms with van der Waals surface area (Å²) >= 11 is 1.70. The van der Waals surface area contributed by atoms with E-state index >= 15 is 0 Å². The Morgan fingerprint density at radius 2 is 2.11 bits per heavy atom. The third-order valence-electron chi connectivity index (χ3n) is 3.67. The maximum Gasteiger partial charge on any atom is 0.307 e. The molecule has 1 amide bonds. The molecule has 108 valence electrons. The molecule has 1 saturated carbocycles. The summed E-state index contributed by atoms with van der Waals surface area (Å²) < 4.78 is 0. The standard InChI is InChI=1S/C14H23NO3S/c1-3-6-19-7-5-15-13(16)11-8-10(4-2)9-12(11)14(17)18/h3,10-12H,1,4-9H2,2H3,(H,15,16)(H,17,18). The van der Waals surface area contributed by atoms with Gasteiger partial charge >= 0.3 is 5.97 Å². The molecule has 4 nitrogen and oxygen atoms in total. The first-order valence-electron chi connectivity index (χ1n) is 6.79. The number of carbonyl (C=O) groups is 2. The van der Waals surface area contributed by atoms with Crippen molar-refractivity contribution in [1.82, 2.24) is 5.32 Å². The summed E-state index contributed by atoms with van der Waals surface area (Å²) in [5, 5.41) is 12.0. The fourth-order valence-electron chi connectivity index (χ4n) is 2.58. The number of nitrogens with one attached hydrogen (secondary N) is 1. The van der Waals surface area contributed by atoms with E-state index in [1.165, 1.54) is 0 Å². The minimum atomic E-state index is -0.836. The Morgan fingerprint density at radius 3 is 2.68 bits per heavy atom. The van der Waals surface area contributed by atoms with Crippen molar-refractivity contribution in [3.05, 3.63) is 12.7 Å². The molecule has 3 atom stereocenters. The fourth-order valence-corrected chi connectivity index (χ4v) is 3.16. The SMILES string of the molecule is C=CCSCCNC(=O)C1CC(CC)CC1C(=O)O. The van der Waals surface area contributed by atoms with E-state index in [-0.39, 0.29) is 11.8 Å². The maximum absolute atomic E-state index is 12.1. The lowest BCUT2D eigenvalue weighted by atomic mass is 9.95. The second-order valence-electron chi connectivity index (χ2n) is 4.95. The Hall–Kier alpha value is -0.970. The molecule has 3 unspecified atom stereocenters. The van der Waals surface area contributed by atoms with Crippen molar-refractivity contribution in [3.63, 3.8) is 0 Å². The molecule has 0 saturated heterocycles. The van der Waals surface area contributed by atoms with Crippen molar-refractivity contribution in [3.8, 4) is 0 Å². The van der Waals surface area contributed by atoms with Gasteiger partial charge in [0.1, 0.15) is 0 Å². The largest absolute Gasteiger partial charge is 0.481 e. The van der Waals surface area contributed by atoms with Crippen LogP contribution in [0.5, 0.6) is 0 Å². The molecule has 0 aliphatic heterocycles. The first-order chi connectivity index (χ1) is 9.10. The molecule has 1 rings (SSSR count). The van der Waals surface area contributed by atoms with E-state index in [4.69, 9.17) is 0 Å². The van der Waals surface area contributed by atoms with E-state index < -0.39 is 11.9 Å². The molecule has 19 heavy (non-hydrogen) atoms. The summed E-state index contributed by atoms with van der Waals surface area (Å²) in [7, 11) is 0. The van der Waals surface area contributed by atoms with Gasteiger partial charge in [0.15, 0.2) is 0 Å². The van der Waals surface area contributed by atoms with Gasteiger partial charge in [-0.2, -0.15) is 11.8 Å². The topological polar surface area (TPSA) is 66.4 Å². The molecule has 0 aromatic heterocycles. The molecule has 0 aromatic carbocycles. The minimum Gasteiger partial charge on any atom is -0.481 e. The van der Waals surface area contributed by atoms with Crippen molar-refractivity contribution < 1.29 is 14.7 Å². The summed E-state index contributed by atoms with van der Waals surface area (Å²) in [6, 6.07) is 0. The molecular formula is C14H23NO3S. The second kappa shape index (κ2) is 8.25. The Bertz CT molecular complexity index is 333. The second-order valence-corrected chi connectivity index (χ2v) is 6.10. The lowest BCUT2D eigenvalue weighted by Gasteiger charge is -2.15. The van der Waals surface area contributed by atoms with Crippen LogP contribution in [0.25, 0.3) is 0 Å². The van der Waals surface area contributed by atoms with E-state index in [1.54, 1.807) is 11.8 Å². The number of thioether (sulfide) groups is 1. The Labute approximate surface area is 119 Å². The fraction of sp³-hybridized carbons (Fsp3) is 0.714. The lowest BCUT2D eigenvalue weighted by Crippen LogP contribution is -2.36. The highest BCUT2D eigenvalue weighted by Gasteiger charge is 2.41. The van der Waals surface area contributed by atoms with Gasteiger partial charge in [0, 0.05) is 18.1 Å². The number of carbonyl (C=O) groups excluding carboxylic acids is 1. The summed E-state index contributed by atoms with van der Waals surface area (Å²) in [5.41, 5.74) is 0. The van der Waals surface area contributed by atoms with Crippen molar-refractivity contribution in [2.24, 2.45) is 17.8 Å². The predicted molar refractivity (Wildman–Crippen MR) is 78.2 cm³/mol. The maximum atomic E-state index is 12.1. The molecule has 1 fully saturated rings. The molecule has 0 aromatic rings. The van der Waals surface area contributed by atoms with Gasteiger partial charge in [-0.3, -0.25) is 9.59 Å². The van der Waals surface area contributed by atoms with Crippen LogP contribution in [0.3, 0.4) is 0 Å². The van der Waals surface area contributed by atoms with Gasteiger partial charge in [0.2, 0.25) is 5.91 Å². The van der Waals surface area contributed by atoms with E-state index in [0.29, 0.717) is 25.3 Å². The van der Waals surface area contributed by atoms with Gasteiger partial charge in [0.25, 0.3) is 0 Å². The summed E-state index contributed by atoms with van der Waals surface area (Å²) in [5.74, 6) is 0.276. The number of hydrogen-bond acceptors (Lipinski definition) is 3. The summed E-state index contributed by atoms with van der Waals surface area (Å²) in [6.45, 7) is 6.28. The van der Waals surface area contributed by atoms with Crippen LogP contribution in [-0.4, -0.2) is 35.0 Å². The predicted octanol–water partition coefficient (Wildman–Crippen LogP) is 2.16. The Kier molecular flexibility index (Phi) is 6.99. The lowest BCUT2D eigenvalue weighted by molar-refractivity contribution is -0.146. The number of aliphatic carboxylic acids is 1. The molecule has 0 heterocycles. The zero-order valence-corrected chi connectivity index (χ0v) is 12.2. The van der Waals surface area contributed by atoms with Crippen LogP contribution in [0.4, 0.5) is 0 Å². The number of rotatable bonds is 8. The van der Waals surface area contributed by atoms with E-state index in [1.807, 2.05) is 6.08 Å². The zero-order valence-electron chi connectivity index (χ0n) is 11.4. The van der Waals surface area contributed by atoms with Gasteiger partial charge in [-0.05, 0) is 18.8 Å². The highest BCUT2D eigenvalue weighted by Crippen LogP contribution is 2.38. The van der Waals surface area contributed by atoms with Crippen LogP contribution >= 0.6 is 11.8 Å². The third kappa shape index (κ3) is 4.90. The molecule has 0 bridgehead atoms. The van der Waals surface area contributed by atoms with Crippen molar-refractivity contribution in [2.75, 3.05) is 18.1 Å². The van der Waals surface area contributed by atoms with E-state index in [2.05, 4.69) is 18.8 Å². The average Bonchev–Trinajstić information content (AvgIpc) is 2.82. The highest BCUT2D eigenvalue weighted by atomic mass is 32.2. The number of amides is 1. The summed E-state index contributed by atoms with van der Waals surface area (Å²) in [6.07, 6.45) is 4.12. The van der Waals surface area contributed by atoms with Gasteiger partial charge in [-0.15, -0.1) is 6.58 Å². The Balaban J connectivity index is 2.40. The molecule has 0 spiro atoms. The number of hydrogen-bond donors (Lipinski definition) is 2. The molecule has 1 aliphatic rings. The normalized spacial score (nSPS) is 26.1. The quantitative estimate of drug-likeness (QED) is 0.530. The van der Waals surface area contributed by atoms with Gasteiger partial charge in [0.05, 0.1) is 11.8 Å². The third-order valence-corrected chi connectivity index (χ3v) is 4.64. The van der Waals surface area contributed by atoms with Crippen LogP contribution in [0, 0.1) is 17.8 Å². The first kappa shape index (κ1) is 16.1. The number of carboxylic acids is 1. The van der Waals surface area contributed by atoms with Crippen LogP contribution in [0.1, 0.15) is 26.2 Å². The Morgan fingerprint density at radius 1 is 1.42 bits per heavy atom. The van der Waals surface area contributed by atoms with Crippen LogP contribution in [0.15, 0.2) is 12.7 Å². The molecule has 1 aliphatic carbocycles. The van der Waals surface area contributed by atoms with Gasteiger partial charge in [-0.1, -0.05) is 19.4 Å². The van der Waals surface area contributed by atoms with Gasteiger partial charge < -0.3 is 10.4 Å². The average molecular weight is 285 g/mol. The molecular weight excluding hydrogens is 262 g/mol. The van der Waals surface area contributed by atoms with Crippen molar-refractivity contribution >= 4 is 23.6 Å². The van der Waals surface area contributed by atoms with Crippen LogP contribution in [0.2, 0.25) is 0 Å². The van der Waals surface area contributed by atoms with Gasteiger partial charge in [-0.25, -0.2) is 0 Å². The monoisotopic (exact) mass is 285 g/mol. The molecule has 5 heteroatoms. The smallest absolute Gasteiger partial charge is 0.307 e.